The molecule has 0 spiro atoms. The maximum Gasteiger partial charge on any atom is 0.276 e. The largest absolute Gasteiger partial charge is 0.484 e. The Bertz CT molecular complexity index is 724. The molecule has 0 unspecified atom stereocenters. The third kappa shape index (κ3) is 5.64. The highest BCUT2D eigenvalue weighted by Crippen LogP contribution is 2.19. The lowest BCUT2D eigenvalue weighted by Crippen LogP contribution is -2.43. The van der Waals surface area contributed by atoms with Crippen molar-refractivity contribution in [2.75, 3.05) is 6.61 Å². The molecule has 2 aromatic rings. The Kier molecular flexibility index (Phi) is 6.57. The van der Waals surface area contributed by atoms with Crippen LogP contribution in [0.4, 0.5) is 0 Å². The van der Waals surface area contributed by atoms with Gasteiger partial charge in [-0.05, 0) is 47.7 Å². The molecule has 2 N–H and O–H groups in total. The molecule has 0 saturated carbocycles. The minimum atomic E-state index is -0.423. The number of carbonyl (C=O) groups excluding carboxylic acids is 2. The van der Waals surface area contributed by atoms with Crippen LogP contribution in [0, 0.1) is 0 Å². The van der Waals surface area contributed by atoms with E-state index in [9.17, 15) is 9.59 Å². The zero-order valence-corrected chi connectivity index (χ0v) is 14.8. The third-order valence-electron chi connectivity index (χ3n) is 3.83. The molecule has 0 bridgehead atoms. The van der Waals surface area contributed by atoms with Gasteiger partial charge >= 0.3 is 0 Å². The average molecular weight is 340 g/mol. The molecule has 132 valence electrons. The van der Waals surface area contributed by atoms with Crippen LogP contribution in [0.2, 0.25) is 0 Å². The summed E-state index contributed by atoms with van der Waals surface area (Å²) in [6.07, 6.45) is 0.911. The van der Waals surface area contributed by atoms with Crippen molar-refractivity contribution < 1.29 is 14.3 Å². The molecule has 0 aliphatic rings. The van der Waals surface area contributed by atoms with Crippen LogP contribution in [-0.2, 0) is 11.2 Å². The molecule has 0 aliphatic carbocycles. The maximum absolute atomic E-state index is 12.0. The van der Waals surface area contributed by atoms with E-state index in [0.29, 0.717) is 17.2 Å². The van der Waals surface area contributed by atoms with Gasteiger partial charge < -0.3 is 4.74 Å². The number of hydrazine groups is 1. The smallest absolute Gasteiger partial charge is 0.276 e. The number of benzene rings is 2. The molecule has 0 atom stereocenters. The number of amides is 2. The number of hydrogen-bond acceptors (Lipinski definition) is 3. The van der Waals surface area contributed by atoms with E-state index in [1.807, 2.05) is 37.3 Å². The van der Waals surface area contributed by atoms with E-state index < -0.39 is 5.91 Å². The summed E-state index contributed by atoms with van der Waals surface area (Å²) in [7, 11) is 0. The fourth-order valence-electron chi connectivity index (χ4n) is 2.24. The van der Waals surface area contributed by atoms with Gasteiger partial charge in [0.1, 0.15) is 5.75 Å². The van der Waals surface area contributed by atoms with Gasteiger partial charge in [0.25, 0.3) is 11.8 Å². The Morgan fingerprint density at radius 3 is 2.40 bits per heavy atom. The van der Waals surface area contributed by atoms with Gasteiger partial charge in [0.05, 0.1) is 0 Å². The molecule has 5 nitrogen and oxygen atoms in total. The summed E-state index contributed by atoms with van der Waals surface area (Å²) < 4.78 is 5.46. The Hall–Kier alpha value is -2.82. The monoisotopic (exact) mass is 340 g/mol. The molecule has 0 fully saturated rings. The van der Waals surface area contributed by atoms with Gasteiger partial charge in [-0.1, -0.05) is 45.0 Å². The zero-order valence-electron chi connectivity index (χ0n) is 14.8. The molecule has 0 saturated heterocycles. The van der Waals surface area contributed by atoms with E-state index in [2.05, 4.69) is 24.7 Å². The van der Waals surface area contributed by atoms with Crippen molar-refractivity contribution in [2.45, 2.75) is 33.1 Å². The second kappa shape index (κ2) is 8.87. The summed E-state index contributed by atoms with van der Waals surface area (Å²) in [4.78, 5) is 23.8. The molecule has 2 rings (SSSR count). The molecule has 0 aromatic heterocycles. The van der Waals surface area contributed by atoms with Gasteiger partial charge in [-0.3, -0.25) is 20.4 Å². The quantitative estimate of drug-likeness (QED) is 0.794. The lowest BCUT2D eigenvalue weighted by atomic mass is 10.0. The predicted octanol–water partition coefficient (Wildman–Crippen LogP) is 3.21. The maximum atomic E-state index is 12.0. The number of ether oxygens (including phenoxy) is 1. The molecule has 25 heavy (non-hydrogen) atoms. The van der Waals surface area contributed by atoms with E-state index in [1.165, 1.54) is 0 Å². The van der Waals surface area contributed by atoms with Gasteiger partial charge in [-0.25, -0.2) is 0 Å². The standard InChI is InChI=1S/C20H24N2O3/c1-4-15-8-10-16(11-9-15)20(24)22-21-19(23)13-25-18-7-5-6-17(12-18)14(2)3/h5-12,14H,4,13H2,1-3H3,(H,21,23)(H,22,24). The van der Waals surface area contributed by atoms with Crippen LogP contribution < -0.4 is 15.6 Å². The van der Waals surface area contributed by atoms with Crippen molar-refractivity contribution >= 4 is 11.8 Å². The predicted molar refractivity (Wildman–Crippen MR) is 97.5 cm³/mol. The summed E-state index contributed by atoms with van der Waals surface area (Å²) in [5, 5.41) is 0. The molecule has 0 heterocycles. The third-order valence-corrected chi connectivity index (χ3v) is 3.83. The summed E-state index contributed by atoms with van der Waals surface area (Å²) in [6.45, 7) is 6.06. The van der Waals surface area contributed by atoms with Crippen LogP contribution in [0.3, 0.4) is 0 Å². The van der Waals surface area contributed by atoms with Crippen LogP contribution in [0.1, 0.15) is 48.2 Å². The second-order valence-electron chi connectivity index (χ2n) is 6.07. The van der Waals surface area contributed by atoms with Crippen LogP contribution in [0.5, 0.6) is 5.75 Å². The second-order valence-corrected chi connectivity index (χ2v) is 6.07. The van der Waals surface area contributed by atoms with Gasteiger partial charge in [-0.2, -0.15) is 0 Å². The van der Waals surface area contributed by atoms with Crippen molar-refractivity contribution in [2.24, 2.45) is 0 Å². The fourth-order valence-corrected chi connectivity index (χ4v) is 2.24. The van der Waals surface area contributed by atoms with E-state index >= 15 is 0 Å². The van der Waals surface area contributed by atoms with E-state index in [1.54, 1.807) is 18.2 Å². The molecular formula is C20H24N2O3. The first-order valence-corrected chi connectivity index (χ1v) is 8.40. The van der Waals surface area contributed by atoms with Gasteiger partial charge in [-0.15, -0.1) is 0 Å². The molecule has 2 amide bonds. The Balaban J connectivity index is 1.80. The van der Waals surface area contributed by atoms with Gasteiger partial charge in [0.15, 0.2) is 6.61 Å². The van der Waals surface area contributed by atoms with Crippen LogP contribution >= 0.6 is 0 Å². The molecule has 0 radical (unpaired) electrons. The van der Waals surface area contributed by atoms with Gasteiger partial charge in [0.2, 0.25) is 0 Å². The lowest BCUT2D eigenvalue weighted by molar-refractivity contribution is -0.123. The minimum Gasteiger partial charge on any atom is -0.484 e. The van der Waals surface area contributed by atoms with Crippen LogP contribution in [0.15, 0.2) is 48.5 Å². The first kappa shape index (κ1) is 18.5. The first-order valence-electron chi connectivity index (χ1n) is 8.40. The van der Waals surface area contributed by atoms with E-state index in [4.69, 9.17) is 4.74 Å². The molecule has 0 aliphatic heterocycles. The normalized spacial score (nSPS) is 10.4. The lowest BCUT2D eigenvalue weighted by Gasteiger charge is -2.11. The highest BCUT2D eigenvalue weighted by atomic mass is 16.5. The Labute approximate surface area is 148 Å². The number of carbonyl (C=O) groups is 2. The zero-order chi connectivity index (χ0) is 18.2. The fraction of sp³-hybridized carbons (Fsp3) is 0.300. The molecule has 5 heteroatoms. The molecular weight excluding hydrogens is 316 g/mol. The number of hydrogen-bond donors (Lipinski definition) is 2. The topological polar surface area (TPSA) is 67.4 Å². The van der Waals surface area contributed by atoms with Crippen molar-refractivity contribution in [1.29, 1.82) is 0 Å². The number of aryl methyl sites for hydroxylation is 1. The van der Waals surface area contributed by atoms with Crippen molar-refractivity contribution in [3.8, 4) is 5.75 Å². The highest BCUT2D eigenvalue weighted by Gasteiger charge is 2.08. The Morgan fingerprint density at radius 2 is 1.76 bits per heavy atom. The van der Waals surface area contributed by atoms with Crippen molar-refractivity contribution in [1.82, 2.24) is 10.9 Å². The first-order chi connectivity index (χ1) is 12.0. The summed E-state index contributed by atoms with van der Waals surface area (Å²) >= 11 is 0. The minimum absolute atomic E-state index is 0.170. The Morgan fingerprint density at radius 1 is 1.04 bits per heavy atom. The van der Waals surface area contributed by atoms with Crippen LogP contribution in [0.25, 0.3) is 0 Å². The summed E-state index contributed by atoms with van der Waals surface area (Å²) in [6, 6.07) is 14.9. The number of rotatable bonds is 6. The SMILES string of the molecule is CCc1ccc(C(=O)NNC(=O)COc2cccc(C(C)C)c2)cc1. The van der Waals surface area contributed by atoms with E-state index in [0.717, 1.165) is 17.5 Å². The summed E-state index contributed by atoms with van der Waals surface area (Å²) in [5.74, 6) is 0.227. The summed E-state index contributed by atoms with van der Waals surface area (Å²) in [5.41, 5.74) is 7.52. The highest BCUT2D eigenvalue weighted by molar-refractivity contribution is 5.95. The van der Waals surface area contributed by atoms with Crippen molar-refractivity contribution in [3.63, 3.8) is 0 Å². The molecule has 2 aromatic carbocycles. The average Bonchev–Trinajstić information content (AvgIpc) is 2.64. The van der Waals surface area contributed by atoms with Gasteiger partial charge in [0, 0.05) is 5.56 Å². The van der Waals surface area contributed by atoms with Crippen molar-refractivity contribution in [3.05, 3.63) is 65.2 Å². The van der Waals surface area contributed by atoms with E-state index in [-0.39, 0.29) is 12.5 Å². The van der Waals surface area contributed by atoms with Crippen LogP contribution in [-0.4, -0.2) is 18.4 Å². The number of nitrogens with one attached hydrogen (secondary N) is 2.